The molecule has 2 heterocycles. The number of halogens is 1. The maximum absolute atomic E-state index is 11.8. The molecule has 7 nitrogen and oxygen atoms in total. The van der Waals surface area contributed by atoms with Crippen molar-refractivity contribution in [2.75, 3.05) is 12.5 Å². The van der Waals surface area contributed by atoms with E-state index in [1.807, 2.05) is 0 Å². The van der Waals surface area contributed by atoms with Crippen molar-refractivity contribution in [2.24, 2.45) is 0 Å². The third-order valence-electron chi connectivity index (χ3n) is 3.32. The predicted octanol–water partition coefficient (Wildman–Crippen LogP) is -0.651. The number of aliphatic hydroxyl groups excluding tert-OH is 2. The Labute approximate surface area is 119 Å². The summed E-state index contributed by atoms with van der Waals surface area (Å²) in [6, 6.07) is 0. The largest absolute Gasteiger partial charge is 0.394 e. The van der Waals surface area contributed by atoms with Crippen LogP contribution in [-0.2, 0) is 11.2 Å². The van der Waals surface area contributed by atoms with Crippen molar-refractivity contribution in [3.63, 3.8) is 0 Å². The zero-order chi connectivity index (χ0) is 14.7. The molecule has 0 radical (unpaired) electrons. The van der Waals surface area contributed by atoms with E-state index in [4.69, 9.17) is 21.4 Å². The molecule has 1 aliphatic heterocycles. The normalized spacial score (nSPS) is 26.1. The molecule has 3 N–H and O–H groups in total. The van der Waals surface area contributed by atoms with E-state index in [1.165, 1.54) is 10.8 Å². The summed E-state index contributed by atoms with van der Waals surface area (Å²) in [5, 5.41) is 18.7. The second kappa shape index (κ2) is 6.53. The quantitative estimate of drug-likeness (QED) is 0.627. The van der Waals surface area contributed by atoms with E-state index >= 15 is 0 Å². The minimum absolute atomic E-state index is 0.187. The van der Waals surface area contributed by atoms with Crippen LogP contribution >= 0.6 is 11.6 Å². The Hall–Kier alpha value is -1.15. The van der Waals surface area contributed by atoms with Crippen molar-refractivity contribution in [3.05, 3.63) is 32.6 Å². The minimum atomic E-state index is -0.838. The topological polar surface area (TPSA) is 105 Å². The van der Waals surface area contributed by atoms with Crippen LogP contribution in [0.3, 0.4) is 0 Å². The van der Waals surface area contributed by atoms with E-state index in [0.29, 0.717) is 24.3 Å². The van der Waals surface area contributed by atoms with Gasteiger partial charge in [0.05, 0.1) is 12.7 Å². The lowest BCUT2D eigenvalue weighted by Crippen LogP contribution is -2.34. The van der Waals surface area contributed by atoms with E-state index in [9.17, 15) is 14.7 Å². The molecule has 0 aliphatic carbocycles. The molecule has 2 rings (SSSR count). The fourth-order valence-electron chi connectivity index (χ4n) is 2.23. The van der Waals surface area contributed by atoms with Gasteiger partial charge in [0.1, 0.15) is 12.3 Å². The molecule has 0 bridgehead atoms. The number of nitrogens with zero attached hydrogens (tertiary/aromatic N) is 1. The first-order valence-corrected chi connectivity index (χ1v) is 6.95. The maximum atomic E-state index is 11.8. The molecular weight excluding hydrogens is 288 g/mol. The van der Waals surface area contributed by atoms with Crippen LogP contribution in [0.1, 0.15) is 24.6 Å². The van der Waals surface area contributed by atoms with Crippen molar-refractivity contribution in [3.8, 4) is 0 Å². The number of H-pyrrole nitrogens is 1. The van der Waals surface area contributed by atoms with Gasteiger partial charge in [-0.1, -0.05) is 0 Å². The predicted molar refractivity (Wildman–Crippen MR) is 72.0 cm³/mol. The standard InChI is InChI=1S/C12H17ClN2O5/c13-3-1-2-7-5-15(12(19)14-11(7)18)10-4-8(17)9(6-16)20-10/h5,8-10,16-17H,1-4,6H2,(H,14,18,19). The van der Waals surface area contributed by atoms with Crippen molar-refractivity contribution in [1.29, 1.82) is 0 Å². The van der Waals surface area contributed by atoms with Gasteiger partial charge in [-0.05, 0) is 12.8 Å². The fourth-order valence-corrected chi connectivity index (χ4v) is 2.36. The van der Waals surface area contributed by atoms with Gasteiger partial charge in [0.15, 0.2) is 0 Å². The molecule has 20 heavy (non-hydrogen) atoms. The molecule has 0 amide bonds. The highest BCUT2D eigenvalue weighted by atomic mass is 35.5. The van der Waals surface area contributed by atoms with Gasteiger partial charge >= 0.3 is 5.69 Å². The average molecular weight is 305 g/mol. The van der Waals surface area contributed by atoms with Gasteiger partial charge in [-0.15, -0.1) is 11.6 Å². The van der Waals surface area contributed by atoms with Crippen LogP contribution < -0.4 is 11.2 Å². The number of aryl methyl sites for hydroxylation is 1. The molecule has 3 atom stereocenters. The average Bonchev–Trinajstić information content (AvgIpc) is 2.79. The monoisotopic (exact) mass is 304 g/mol. The van der Waals surface area contributed by atoms with Crippen LogP contribution in [0.15, 0.2) is 15.8 Å². The van der Waals surface area contributed by atoms with Gasteiger partial charge in [-0.3, -0.25) is 14.3 Å². The molecule has 1 aromatic rings. The van der Waals surface area contributed by atoms with E-state index < -0.39 is 29.7 Å². The zero-order valence-corrected chi connectivity index (χ0v) is 11.5. The number of hydrogen-bond donors (Lipinski definition) is 3. The molecule has 8 heteroatoms. The van der Waals surface area contributed by atoms with Crippen LogP contribution in [0, 0.1) is 0 Å². The van der Waals surface area contributed by atoms with Crippen LogP contribution in [0.2, 0.25) is 0 Å². The Balaban J connectivity index is 2.28. The molecule has 112 valence electrons. The molecule has 1 fully saturated rings. The minimum Gasteiger partial charge on any atom is -0.394 e. The first-order valence-electron chi connectivity index (χ1n) is 6.41. The van der Waals surface area contributed by atoms with E-state index in [2.05, 4.69) is 4.98 Å². The number of aromatic nitrogens is 2. The highest BCUT2D eigenvalue weighted by molar-refractivity contribution is 6.17. The van der Waals surface area contributed by atoms with Crippen molar-refractivity contribution < 1.29 is 14.9 Å². The summed E-state index contributed by atoms with van der Waals surface area (Å²) >= 11 is 5.59. The van der Waals surface area contributed by atoms with Gasteiger partial charge in [-0.2, -0.15) is 0 Å². The molecule has 1 aliphatic rings. The molecule has 3 unspecified atom stereocenters. The number of rotatable bonds is 5. The van der Waals surface area contributed by atoms with E-state index in [0.717, 1.165) is 0 Å². The Morgan fingerprint density at radius 3 is 2.85 bits per heavy atom. The second-order valence-electron chi connectivity index (χ2n) is 4.73. The first-order chi connectivity index (χ1) is 9.56. The second-order valence-corrected chi connectivity index (χ2v) is 5.11. The highest BCUT2D eigenvalue weighted by Crippen LogP contribution is 2.27. The lowest BCUT2D eigenvalue weighted by Gasteiger charge is -2.15. The van der Waals surface area contributed by atoms with Crippen LogP contribution in [0.25, 0.3) is 0 Å². The maximum Gasteiger partial charge on any atom is 0.330 e. The van der Waals surface area contributed by atoms with Crippen LogP contribution in [0.5, 0.6) is 0 Å². The van der Waals surface area contributed by atoms with Gasteiger partial charge in [-0.25, -0.2) is 4.79 Å². The Morgan fingerprint density at radius 1 is 1.50 bits per heavy atom. The number of aliphatic hydroxyl groups is 2. The molecular formula is C12H17ClN2O5. The third-order valence-corrected chi connectivity index (χ3v) is 3.58. The fraction of sp³-hybridized carbons (Fsp3) is 0.667. The summed E-state index contributed by atoms with van der Waals surface area (Å²) in [6.07, 6.45) is 0.451. The van der Waals surface area contributed by atoms with Gasteiger partial charge in [0.2, 0.25) is 0 Å². The number of ether oxygens (including phenoxy) is 1. The number of alkyl halides is 1. The van der Waals surface area contributed by atoms with Gasteiger partial charge in [0, 0.05) is 24.1 Å². The number of hydrogen-bond acceptors (Lipinski definition) is 5. The third kappa shape index (κ3) is 3.12. The SMILES string of the molecule is O=c1[nH]c(=O)n(C2CC(O)C(CO)O2)cc1CCCCl. The van der Waals surface area contributed by atoms with Crippen molar-refractivity contribution >= 4 is 11.6 Å². The lowest BCUT2D eigenvalue weighted by molar-refractivity contribution is -0.0460. The first kappa shape index (κ1) is 15.2. The summed E-state index contributed by atoms with van der Waals surface area (Å²) in [5.41, 5.74) is -0.593. The summed E-state index contributed by atoms with van der Waals surface area (Å²) in [6.45, 7) is -0.325. The highest BCUT2D eigenvalue weighted by Gasteiger charge is 2.35. The summed E-state index contributed by atoms with van der Waals surface area (Å²) in [7, 11) is 0. The molecule has 1 aromatic heterocycles. The molecule has 1 saturated heterocycles. The van der Waals surface area contributed by atoms with Crippen molar-refractivity contribution in [1.82, 2.24) is 9.55 Å². The zero-order valence-electron chi connectivity index (χ0n) is 10.8. The number of nitrogens with one attached hydrogen (secondary N) is 1. The summed E-state index contributed by atoms with van der Waals surface area (Å²) < 4.78 is 6.64. The summed E-state index contributed by atoms with van der Waals surface area (Å²) in [4.78, 5) is 25.7. The van der Waals surface area contributed by atoms with Gasteiger partial charge in [0.25, 0.3) is 5.56 Å². The van der Waals surface area contributed by atoms with Crippen LogP contribution in [-0.4, -0.2) is 44.5 Å². The Kier molecular flexibility index (Phi) is 4.98. The Morgan fingerprint density at radius 2 is 2.25 bits per heavy atom. The lowest BCUT2D eigenvalue weighted by atomic mass is 10.2. The van der Waals surface area contributed by atoms with Crippen molar-refractivity contribution in [2.45, 2.75) is 37.7 Å². The smallest absolute Gasteiger partial charge is 0.330 e. The van der Waals surface area contributed by atoms with E-state index in [-0.39, 0.29) is 13.0 Å². The molecule has 0 spiro atoms. The van der Waals surface area contributed by atoms with Gasteiger partial charge < -0.3 is 14.9 Å². The molecule has 0 saturated carbocycles. The van der Waals surface area contributed by atoms with Crippen LogP contribution in [0.4, 0.5) is 0 Å². The summed E-state index contributed by atoms with van der Waals surface area (Å²) in [5.74, 6) is 0.420. The number of aromatic amines is 1. The Bertz CT molecular complexity index is 570. The van der Waals surface area contributed by atoms with E-state index in [1.54, 1.807) is 0 Å². The molecule has 0 aromatic carbocycles.